The van der Waals surface area contributed by atoms with Gasteiger partial charge in [-0.05, 0) is 30.3 Å². The molecule has 126 valence electrons. The van der Waals surface area contributed by atoms with E-state index in [0.717, 1.165) is 0 Å². The molecule has 1 atom stereocenters. The van der Waals surface area contributed by atoms with Crippen molar-refractivity contribution in [1.29, 1.82) is 0 Å². The van der Waals surface area contributed by atoms with Crippen LogP contribution in [0.4, 0.5) is 5.69 Å². The quantitative estimate of drug-likeness (QED) is 0.845. The number of ether oxygens (including phenoxy) is 1. The molecule has 0 aromatic heterocycles. The standard InChI is InChI=1S/C15H12Cl2N2O4S/c16-10-6-5-9(7-11(10)17)24(21,22)18-8-14-15(20)19-12-3-1-2-4-13(12)23-14/h1-7,14,18H,8H2,(H,19,20). The monoisotopic (exact) mass is 386 g/mol. The molecule has 0 radical (unpaired) electrons. The lowest BCUT2D eigenvalue weighted by molar-refractivity contribution is -0.123. The van der Waals surface area contributed by atoms with Crippen molar-refractivity contribution in [1.82, 2.24) is 4.72 Å². The van der Waals surface area contributed by atoms with Crippen molar-refractivity contribution in [3.05, 3.63) is 52.5 Å². The highest BCUT2D eigenvalue weighted by Gasteiger charge is 2.29. The minimum atomic E-state index is -3.85. The van der Waals surface area contributed by atoms with Crippen molar-refractivity contribution in [2.75, 3.05) is 11.9 Å². The number of amides is 1. The smallest absolute Gasteiger partial charge is 0.266 e. The fourth-order valence-corrected chi connectivity index (χ4v) is 3.56. The van der Waals surface area contributed by atoms with Crippen molar-refractivity contribution in [2.45, 2.75) is 11.0 Å². The maximum absolute atomic E-state index is 12.3. The predicted octanol–water partition coefficient (Wildman–Crippen LogP) is 2.67. The molecule has 0 bridgehead atoms. The Kier molecular flexibility index (Phi) is 4.69. The molecule has 6 nitrogen and oxygen atoms in total. The number of carbonyl (C=O) groups excluding carboxylic acids is 1. The van der Waals surface area contributed by atoms with Gasteiger partial charge in [-0.3, -0.25) is 4.79 Å². The summed E-state index contributed by atoms with van der Waals surface area (Å²) in [6.45, 7) is -0.219. The number of hydrogen-bond acceptors (Lipinski definition) is 4. The topological polar surface area (TPSA) is 84.5 Å². The first-order valence-electron chi connectivity index (χ1n) is 6.88. The molecule has 1 aliphatic rings. The average molecular weight is 387 g/mol. The summed E-state index contributed by atoms with van der Waals surface area (Å²) in [6, 6.07) is 10.9. The van der Waals surface area contributed by atoms with Gasteiger partial charge in [-0.15, -0.1) is 0 Å². The third-order valence-corrected chi connectivity index (χ3v) is 5.53. The third-order valence-electron chi connectivity index (χ3n) is 3.37. The van der Waals surface area contributed by atoms with Crippen molar-refractivity contribution < 1.29 is 17.9 Å². The number of fused-ring (bicyclic) bond motifs is 1. The Hall–Kier alpha value is -1.80. The van der Waals surface area contributed by atoms with Crippen molar-refractivity contribution in [2.24, 2.45) is 0 Å². The Labute approximate surface area is 148 Å². The molecule has 2 aromatic rings. The minimum absolute atomic E-state index is 0.0477. The molecule has 0 spiro atoms. The van der Waals surface area contributed by atoms with Gasteiger partial charge < -0.3 is 10.1 Å². The first-order chi connectivity index (χ1) is 11.4. The number of nitrogens with one attached hydrogen (secondary N) is 2. The third kappa shape index (κ3) is 3.49. The van der Waals surface area contributed by atoms with Crippen LogP contribution in [-0.2, 0) is 14.8 Å². The van der Waals surface area contributed by atoms with Crippen LogP contribution in [0, 0.1) is 0 Å². The lowest BCUT2D eigenvalue weighted by Crippen LogP contribution is -2.45. The molecule has 1 aliphatic heterocycles. The lowest BCUT2D eigenvalue weighted by Gasteiger charge is -2.25. The van der Waals surface area contributed by atoms with Gasteiger partial charge in [0.25, 0.3) is 5.91 Å². The summed E-state index contributed by atoms with van der Waals surface area (Å²) >= 11 is 11.6. The molecule has 24 heavy (non-hydrogen) atoms. The number of benzene rings is 2. The Morgan fingerprint density at radius 2 is 1.88 bits per heavy atom. The molecule has 0 fully saturated rings. The number of carbonyl (C=O) groups is 1. The summed E-state index contributed by atoms with van der Waals surface area (Å²) in [6.07, 6.45) is -0.975. The van der Waals surface area contributed by atoms with Gasteiger partial charge in [-0.25, -0.2) is 13.1 Å². The zero-order valence-electron chi connectivity index (χ0n) is 12.1. The van der Waals surface area contributed by atoms with Crippen molar-refractivity contribution in [3.63, 3.8) is 0 Å². The predicted molar refractivity (Wildman–Crippen MR) is 91.1 cm³/mol. The second-order valence-electron chi connectivity index (χ2n) is 5.02. The van der Waals surface area contributed by atoms with Gasteiger partial charge in [-0.2, -0.15) is 0 Å². The van der Waals surface area contributed by atoms with Gasteiger partial charge in [0.2, 0.25) is 10.0 Å². The first kappa shape index (κ1) is 17.0. The van der Waals surface area contributed by atoms with E-state index in [9.17, 15) is 13.2 Å². The van der Waals surface area contributed by atoms with E-state index in [2.05, 4.69) is 10.0 Å². The molecule has 0 saturated carbocycles. The first-order valence-corrected chi connectivity index (χ1v) is 9.12. The normalized spacial score (nSPS) is 16.9. The van der Waals surface area contributed by atoms with Gasteiger partial charge in [0.05, 0.1) is 27.2 Å². The van der Waals surface area contributed by atoms with Crippen LogP contribution < -0.4 is 14.8 Å². The number of para-hydroxylation sites is 2. The highest BCUT2D eigenvalue weighted by atomic mass is 35.5. The van der Waals surface area contributed by atoms with Gasteiger partial charge in [0.15, 0.2) is 6.10 Å². The highest BCUT2D eigenvalue weighted by Crippen LogP contribution is 2.29. The molecule has 3 rings (SSSR count). The van der Waals surface area contributed by atoms with Crippen LogP contribution in [0.1, 0.15) is 0 Å². The summed E-state index contributed by atoms with van der Waals surface area (Å²) in [5, 5.41) is 3.04. The second kappa shape index (κ2) is 6.60. The molecular weight excluding hydrogens is 375 g/mol. The van der Waals surface area contributed by atoms with E-state index in [0.29, 0.717) is 11.4 Å². The average Bonchev–Trinajstić information content (AvgIpc) is 2.55. The summed E-state index contributed by atoms with van der Waals surface area (Å²) in [5.74, 6) is 0.0568. The van der Waals surface area contributed by atoms with E-state index in [4.69, 9.17) is 27.9 Å². The zero-order chi connectivity index (χ0) is 17.3. The Morgan fingerprint density at radius 1 is 1.12 bits per heavy atom. The molecule has 1 unspecified atom stereocenters. The van der Waals surface area contributed by atoms with Crippen molar-refractivity contribution in [3.8, 4) is 5.75 Å². The van der Waals surface area contributed by atoms with Gasteiger partial charge in [0, 0.05) is 0 Å². The van der Waals surface area contributed by atoms with E-state index in [1.807, 2.05) is 0 Å². The molecule has 2 N–H and O–H groups in total. The van der Waals surface area contributed by atoms with E-state index >= 15 is 0 Å². The minimum Gasteiger partial charge on any atom is -0.477 e. The molecule has 0 aliphatic carbocycles. The Morgan fingerprint density at radius 3 is 2.62 bits per heavy atom. The summed E-state index contributed by atoms with van der Waals surface area (Å²) in [4.78, 5) is 12.0. The molecule has 0 saturated heterocycles. The molecule has 1 heterocycles. The van der Waals surface area contributed by atoms with Crippen LogP contribution in [0.3, 0.4) is 0 Å². The number of hydrogen-bond donors (Lipinski definition) is 2. The summed E-state index contributed by atoms with van der Waals surface area (Å²) in [7, 11) is -3.85. The Bertz CT molecular complexity index is 902. The number of anilines is 1. The fraction of sp³-hybridized carbons (Fsp3) is 0.133. The van der Waals surface area contributed by atoms with E-state index < -0.39 is 22.0 Å². The van der Waals surface area contributed by atoms with Gasteiger partial charge >= 0.3 is 0 Å². The van der Waals surface area contributed by atoms with Crippen LogP contribution >= 0.6 is 23.2 Å². The van der Waals surface area contributed by atoms with Crippen LogP contribution in [0.15, 0.2) is 47.4 Å². The molecule has 1 amide bonds. The van der Waals surface area contributed by atoms with Gasteiger partial charge in [0.1, 0.15) is 5.75 Å². The zero-order valence-corrected chi connectivity index (χ0v) is 14.5. The largest absolute Gasteiger partial charge is 0.477 e. The second-order valence-corrected chi connectivity index (χ2v) is 7.60. The summed E-state index contributed by atoms with van der Waals surface area (Å²) in [5.41, 5.74) is 0.547. The number of sulfonamides is 1. The Balaban J connectivity index is 1.73. The van der Waals surface area contributed by atoms with E-state index in [1.165, 1.54) is 18.2 Å². The lowest BCUT2D eigenvalue weighted by atomic mass is 10.2. The number of rotatable bonds is 4. The maximum atomic E-state index is 12.3. The molecular formula is C15H12Cl2N2O4S. The van der Waals surface area contributed by atoms with Crippen molar-refractivity contribution >= 4 is 44.8 Å². The summed E-state index contributed by atoms with van der Waals surface area (Å²) < 4.78 is 32.5. The number of halogens is 2. The fourth-order valence-electron chi connectivity index (χ4n) is 2.14. The van der Waals surface area contributed by atoms with E-state index in [-0.39, 0.29) is 21.5 Å². The van der Waals surface area contributed by atoms with Crippen LogP contribution in [0.25, 0.3) is 0 Å². The van der Waals surface area contributed by atoms with Crippen LogP contribution in [-0.4, -0.2) is 27.0 Å². The highest BCUT2D eigenvalue weighted by molar-refractivity contribution is 7.89. The van der Waals surface area contributed by atoms with E-state index in [1.54, 1.807) is 24.3 Å². The van der Waals surface area contributed by atoms with Crippen LogP contribution in [0.5, 0.6) is 5.75 Å². The molecule has 2 aromatic carbocycles. The SMILES string of the molecule is O=C1Nc2ccccc2OC1CNS(=O)(=O)c1ccc(Cl)c(Cl)c1. The molecule has 9 heteroatoms. The van der Waals surface area contributed by atoms with Crippen LogP contribution in [0.2, 0.25) is 10.0 Å². The maximum Gasteiger partial charge on any atom is 0.266 e. The van der Waals surface area contributed by atoms with Gasteiger partial charge in [-0.1, -0.05) is 35.3 Å².